The molecule has 104 valence electrons. The van der Waals surface area contributed by atoms with E-state index in [2.05, 4.69) is 26.6 Å². The van der Waals surface area contributed by atoms with Crippen molar-refractivity contribution in [2.75, 3.05) is 17.7 Å². The summed E-state index contributed by atoms with van der Waals surface area (Å²) >= 11 is 3.47. The summed E-state index contributed by atoms with van der Waals surface area (Å²) in [4.78, 5) is 12.4. The predicted octanol–water partition coefficient (Wildman–Crippen LogP) is 4.36. The molecule has 4 heteroatoms. The predicted molar refractivity (Wildman–Crippen MR) is 87.6 cm³/mol. The van der Waals surface area contributed by atoms with Gasteiger partial charge < -0.3 is 10.6 Å². The fourth-order valence-corrected chi connectivity index (χ4v) is 2.57. The zero-order valence-corrected chi connectivity index (χ0v) is 13.3. The van der Waals surface area contributed by atoms with Crippen LogP contribution in [0, 0.1) is 13.8 Å². The average Bonchev–Trinajstić information content (AvgIpc) is 2.41. The minimum absolute atomic E-state index is 0.126. The molecule has 0 bridgehead atoms. The number of aryl methyl sites for hydroxylation is 2. The summed E-state index contributed by atoms with van der Waals surface area (Å²) < 4.78 is 0.879. The van der Waals surface area contributed by atoms with Gasteiger partial charge in [0.25, 0.3) is 5.91 Å². The Labute approximate surface area is 127 Å². The van der Waals surface area contributed by atoms with Crippen LogP contribution in [0.1, 0.15) is 21.5 Å². The summed E-state index contributed by atoms with van der Waals surface area (Å²) in [6.45, 7) is 4.01. The quantitative estimate of drug-likeness (QED) is 0.876. The van der Waals surface area contributed by atoms with Crippen molar-refractivity contribution in [1.82, 2.24) is 0 Å². The van der Waals surface area contributed by atoms with E-state index in [1.807, 2.05) is 57.3 Å². The number of carbonyl (C=O) groups is 1. The molecule has 3 nitrogen and oxygen atoms in total. The lowest BCUT2D eigenvalue weighted by molar-refractivity contribution is 0.102. The van der Waals surface area contributed by atoms with Crippen LogP contribution in [0.3, 0.4) is 0 Å². The molecular formula is C16H17BrN2O. The first-order valence-electron chi connectivity index (χ1n) is 6.37. The van der Waals surface area contributed by atoms with Crippen LogP contribution in [0.5, 0.6) is 0 Å². The van der Waals surface area contributed by atoms with E-state index >= 15 is 0 Å². The standard InChI is InChI=1S/C16H17BrN2O/c1-10-5-7-14(13(17)8-10)19-16(20)12-6-4-11(2)9-15(12)18-3/h4-9,18H,1-3H3,(H,19,20). The smallest absolute Gasteiger partial charge is 0.257 e. The van der Waals surface area contributed by atoms with Crippen molar-refractivity contribution in [1.29, 1.82) is 0 Å². The molecule has 2 rings (SSSR count). The van der Waals surface area contributed by atoms with E-state index in [1.165, 1.54) is 0 Å². The molecule has 0 fully saturated rings. The number of carbonyl (C=O) groups excluding carboxylic acids is 1. The third-order valence-corrected chi connectivity index (χ3v) is 3.72. The van der Waals surface area contributed by atoms with Gasteiger partial charge in [0, 0.05) is 17.2 Å². The van der Waals surface area contributed by atoms with Gasteiger partial charge in [0.15, 0.2) is 0 Å². The second-order valence-electron chi connectivity index (χ2n) is 4.74. The molecule has 0 aliphatic rings. The maximum atomic E-state index is 12.4. The summed E-state index contributed by atoms with van der Waals surface area (Å²) in [6, 6.07) is 11.6. The highest BCUT2D eigenvalue weighted by atomic mass is 79.9. The third kappa shape index (κ3) is 3.20. The van der Waals surface area contributed by atoms with Gasteiger partial charge in [0.1, 0.15) is 0 Å². The monoisotopic (exact) mass is 332 g/mol. The maximum Gasteiger partial charge on any atom is 0.257 e. The molecular weight excluding hydrogens is 316 g/mol. The lowest BCUT2D eigenvalue weighted by atomic mass is 10.1. The molecule has 0 atom stereocenters. The molecule has 0 aliphatic carbocycles. The number of hydrogen-bond acceptors (Lipinski definition) is 2. The van der Waals surface area contributed by atoms with Crippen LogP contribution >= 0.6 is 15.9 Å². The van der Waals surface area contributed by atoms with Crippen LogP contribution in [-0.2, 0) is 0 Å². The number of rotatable bonds is 3. The third-order valence-electron chi connectivity index (χ3n) is 3.06. The first-order chi connectivity index (χ1) is 9.51. The number of benzene rings is 2. The lowest BCUT2D eigenvalue weighted by Gasteiger charge is -2.12. The topological polar surface area (TPSA) is 41.1 Å². The average molecular weight is 333 g/mol. The van der Waals surface area contributed by atoms with Gasteiger partial charge in [-0.25, -0.2) is 0 Å². The Bertz CT molecular complexity index is 653. The highest BCUT2D eigenvalue weighted by molar-refractivity contribution is 9.10. The second kappa shape index (κ2) is 6.09. The largest absolute Gasteiger partial charge is 0.387 e. The van der Waals surface area contributed by atoms with E-state index in [9.17, 15) is 4.79 Å². The molecule has 0 aromatic heterocycles. The van der Waals surface area contributed by atoms with E-state index < -0.39 is 0 Å². The highest BCUT2D eigenvalue weighted by Gasteiger charge is 2.12. The molecule has 0 saturated carbocycles. The van der Waals surface area contributed by atoms with Crippen LogP contribution in [-0.4, -0.2) is 13.0 Å². The number of amides is 1. The summed E-state index contributed by atoms with van der Waals surface area (Å²) in [5.74, 6) is -0.126. The summed E-state index contributed by atoms with van der Waals surface area (Å²) in [5.41, 5.74) is 4.48. The lowest BCUT2D eigenvalue weighted by Crippen LogP contribution is -2.14. The van der Waals surface area contributed by atoms with Crippen LogP contribution in [0.2, 0.25) is 0 Å². The van der Waals surface area contributed by atoms with Gasteiger partial charge >= 0.3 is 0 Å². The summed E-state index contributed by atoms with van der Waals surface area (Å²) in [5, 5.41) is 5.98. The van der Waals surface area contributed by atoms with Crippen molar-refractivity contribution in [3.05, 3.63) is 57.6 Å². The SMILES string of the molecule is CNc1cc(C)ccc1C(=O)Nc1ccc(C)cc1Br. The van der Waals surface area contributed by atoms with Crippen molar-refractivity contribution < 1.29 is 4.79 Å². The van der Waals surface area contributed by atoms with Crippen LogP contribution in [0.4, 0.5) is 11.4 Å². The summed E-state index contributed by atoms with van der Waals surface area (Å²) in [7, 11) is 1.81. The Morgan fingerprint density at radius 3 is 2.30 bits per heavy atom. The van der Waals surface area contributed by atoms with E-state index in [0.29, 0.717) is 5.56 Å². The molecule has 0 radical (unpaired) electrons. The van der Waals surface area contributed by atoms with Crippen molar-refractivity contribution in [3.63, 3.8) is 0 Å². The van der Waals surface area contributed by atoms with Gasteiger partial charge in [-0.2, -0.15) is 0 Å². The fraction of sp³-hybridized carbons (Fsp3) is 0.188. The van der Waals surface area contributed by atoms with Crippen molar-refractivity contribution >= 4 is 33.2 Å². The molecule has 0 saturated heterocycles. The number of hydrogen-bond donors (Lipinski definition) is 2. The normalized spacial score (nSPS) is 10.2. The molecule has 0 unspecified atom stereocenters. The van der Waals surface area contributed by atoms with Gasteiger partial charge in [-0.3, -0.25) is 4.79 Å². The first-order valence-corrected chi connectivity index (χ1v) is 7.16. The van der Waals surface area contributed by atoms with Crippen LogP contribution < -0.4 is 10.6 Å². The Morgan fingerprint density at radius 2 is 1.65 bits per heavy atom. The van der Waals surface area contributed by atoms with Crippen molar-refractivity contribution in [3.8, 4) is 0 Å². The number of anilines is 2. The van der Waals surface area contributed by atoms with E-state index in [-0.39, 0.29) is 5.91 Å². The molecule has 2 aromatic rings. The fourth-order valence-electron chi connectivity index (χ4n) is 1.97. The molecule has 20 heavy (non-hydrogen) atoms. The Morgan fingerprint density at radius 1 is 1.00 bits per heavy atom. The highest BCUT2D eigenvalue weighted by Crippen LogP contribution is 2.25. The molecule has 0 heterocycles. The van der Waals surface area contributed by atoms with Gasteiger partial charge in [0.05, 0.1) is 11.3 Å². The molecule has 1 amide bonds. The van der Waals surface area contributed by atoms with Gasteiger partial charge in [0.2, 0.25) is 0 Å². The van der Waals surface area contributed by atoms with Gasteiger partial charge in [-0.05, 0) is 65.2 Å². The van der Waals surface area contributed by atoms with Crippen molar-refractivity contribution in [2.24, 2.45) is 0 Å². The van der Waals surface area contributed by atoms with Crippen LogP contribution in [0.25, 0.3) is 0 Å². The van der Waals surface area contributed by atoms with E-state index in [1.54, 1.807) is 0 Å². The Kier molecular flexibility index (Phi) is 4.45. The Hall–Kier alpha value is -1.81. The first kappa shape index (κ1) is 14.6. The number of nitrogens with one attached hydrogen (secondary N) is 2. The summed E-state index contributed by atoms with van der Waals surface area (Å²) in [6.07, 6.45) is 0. The van der Waals surface area contributed by atoms with Gasteiger partial charge in [-0.15, -0.1) is 0 Å². The zero-order chi connectivity index (χ0) is 14.7. The minimum atomic E-state index is -0.126. The molecule has 2 aromatic carbocycles. The van der Waals surface area contributed by atoms with Gasteiger partial charge in [-0.1, -0.05) is 12.1 Å². The number of halogens is 1. The molecule has 0 spiro atoms. The van der Waals surface area contributed by atoms with Crippen LogP contribution in [0.15, 0.2) is 40.9 Å². The molecule has 2 N–H and O–H groups in total. The second-order valence-corrected chi connectivity index (χ2v) is 5.59. The molecule has 0 aliphatic heterocycles. The van der Waals surface area contributed by atoms with E-state index in [4.69, 9.17) is 0 Å². The maximum absolute atomic E-state index is 12.4. The zero-order valence-electron chi connectivity index (χ0n) is 11.8. The van der Waals surface area contributed by atoms with E-state index in [0.717, 1.165) is 27.0 Å². The Balaban J connectivity index is 2.28. The minimum Gasteiger partial charge on any atom is -0.387 e. The van der Waals surface area contributed by atoms with Crippen molar-refractivity contribution in [2.45, 2.75) is 13.8 Å².